The molecule has 15 rings (SSSR count). The zero-order valence-electron chi connectivity index (χ0n) is 62.7. The van der Waals surface area contributed by atoms with Crippen LogP contribution in [0.15, 0.2) is 286 Å². The fourth-order valence-electron chi connectivity index (χ4n) is 9.16. The van der Waals surface area contributed by atoms with E-state index in [1.165, 1.54) is 55.6 Å². The van der Waals surface area contributed by atoms with Crippen molar-refractivity contribution >= 4 is 34.8 Å². The van der Waals surface area contributed by atoms with Crippen molar-refractivity contribution in [2.75, 3.05) is 0 Å². The van der Waals surface area contributed by atoms with Gasteiger partial charge in [-0.1, -0.05) is 72.8 Å². The number of aromatic carboxylic acids is 2. The molecule has 0 fully saturated rings. The summed E-state index contributed by atoms with van der Waals surface area (Å²) >= 11 is 0. The number of rotatable bonds is 10. The number of carboxylic acids is 2. The third-order valence-electron chi connectivity index (χ3n) is 14.2. The first-order chi connectivity index (χ1) is 52.7. The van der Waals surface area contributed by atoms with E-state index < -0.39 is 11.9 Å². The van der Waals surface area contributed by atoms with Crippen LogP contribution in [0.4, 0.5) is 17.1 Å². The van der Waals surface area contributed by atoms with E-state index >= 15 is 0 Å². The summed E-state index contributed by atoms with van der Waals surface area (Å²) in [7, 11) is 11.4. The Bertz CT molecular complexity index is 5150. The van der Waals surface area contributed by atoms with E-state index in [-0.39, 0.29) is 144 Å². The number of aliphatic hydroxyl groups is 1. The van der Waals surface area contributed by atoms with E-state index in [2.05, 4.69) is 116 Å². The molecule has 6 radical (unpaired) electrons. The second kappa shape index (κ2) is 55.1. The zero-order valence-corrected chi connectivity index (χ0v) is 77.1. The second-order valence-electron chi connectivity index (χ2n) is 22.9. The molecule has 0 aliphatic heterocycles. The van der Waals surface area contributed by atoms with Crippen LogP contribution in [-0.4, -0.2) is 101 Å². The monoisotopic (exact) mass is 2600 g/mol. The average molecular weight is 2590 g/mol. The fourth-order valence-corrected chi connectivity index (χ4v) is 9.16. The van der Waals surface area contributed by atoms with E-state index in [4.69, 9.17) is 35.0 Å². The van der Waals surface area contributed by atoms with Crippen molar-refractivity contribution in [2.24, 2.45) is 42.3 Å². The number of allylic oxidation sites excluding steroid dienone is 2. The fraction of sp³-hybridized carbons (Fsp3) is 0.0930. The number of carboxylic acid groups (broad SMARTS) is 2. The van der Waals surface area contributed by atoms with Crippen molar-refractivity contribution in [3.8, 4) is 78.7 Å². The first-order valence-corrected chi connectivity index (χ1v) is 33.0. The number of hydrogen-bond donors (Lipinski definition) is 3. The summed E-state index contributed by atoms with van der Waals surface area (Å²) in [5, 5.41) is 46.4. The number of carbonyl (C=O) groups excluding carboxylic acids is 1. The molecule has 3 N–H and O–H groups in total. The van der Waals surface area contributed by atoms with Gasteiger partial charge in [-0.05, 0) is 49.9 Å². The zero-order chi connectivity index (χ0) is 78.3. The predicted molar refractivity (Wildman–Crippen MR) is 419 cm³/mol. The van der Waals surface area contributed by atoms with Crippen LogP contribution < -0.4 is 0 Å². The SMILES string of the molecule is CC(=O)C=C(C)O.Cn1ccc(-c2[c-]ccc(-c3ccccc3)c2)n1.Cn1ccc(-c2[c-]cccc2)n1.Cn1ccc(-c2[c-]cccc2)n1.O=C(O)c1ccccn1.O=C(O)c1ccccn1.[C-]#[N+]c1cc[c-]c(-c2ccn(C)n2)c1.[C-]#[N+]c1cc[c-]c(-c2ccn(C)n2)c1.[C-]#[N+]c1cc[c-]c(-c2cn(C)cn2)c1.[Ir].[Ir].[Ir].[Ir].[Ir].[Ir]. The molecule has 0 saturated carbocycles. The number of hydrogen-bond acceptors (Lipinski definition) is 12. The van der Waals surface area contributed by atoms with Crippen LogP contribution in [0, 0.1) is 56.1 Å². The van der Waals surface area contributed by atoms with E-state index in [1.807, 2.05) is 187 Å². The molecule has 0 spiro atoms. The third-order valence-corrected chi connectivity index (χ3v) is 14.2. The summed E-state index contributed by atoms with van der Waals surface area (Å²) in [5.74, 6) is -2.04. The second-order valence-corrected chi connectivity index (χ2v) is 22.9. The molecular formula is C86H73Ir6N17O6-6. The molecule has 7 aromatic carbocycles. The molecule has 0 amide bonds. The number of ketones is 1. The van der Waals surface area contributed by atoms with Crippen LogP contribution in [-0.2, 0) is 168 Å². The summed E-state index contributed by atoms with van der Waals surface area (Å²) in [5.41, 5.74) is 15.5. The number of aromatic nitrogens is 14. The van der Waals surface area contributed by atoms with Gasteiger partial charge in [-0.25, -0.2) is 45.1 Å². The number of aryl methyl sites for hydroxylation is 6. The molecule has 23 nitrogen and oxygen atoms in total. The van der Waals surface area contributed by atoms with Crippen LogP contribution in [0.3, 0.4) is 0 Å². The van der Waals surface area contributed by atoms with Gasteiger partial charge in [0.15, 0.2) is 5.78 Å². The van der Waals surface area contributed by atoms with Gasteiger partial charge in [-0.3, -0.25) is 47.7 Å². The van der Waals surface area contributed by atoms with Gasteiger partial charge in [0.25, 0.3) is 0 Å². The number of pyridine rings is 2. The largest absolute Gasteiger partial charge is 0.512 e. The number of carbonyl (C=O) groups is 3. The molecule has 0 bridgehead atoms. The normalized spacial score (nSPS) is 9.38. The Morgan fingerprint density at radius 1 is 0.357 bits per heavy atom. The summed E-state index contributed by atoms with van der Waals surface area (Å²) in [6, 6.07) is 85.9. The minimum atomic E-state index is -0.990. The Hall–Kier alpha value is -11.4. The van der Waals surface area contributed by atoms with Gasteiger partial charge in [-0.2, -0.15) is 18.2 Å². The number of imidazole rings is 1. The number of nitrogens with zero attached hydrogens (tertiary/aromatic N) is 17. The maximum atomic E-state index is 10.1. The Kier molecular flexibility index (Phi) is 48.7. The molecule has 0 atom stereocenters. The summed E-state index contributed by atoms with van der Waals surface area (Å²) in [6.45, 7) is 23.5. The van der Waals surface area contributed by atoms with Gasteiger partial charge in [0, 0.05) is 247 Å². The molecule has 15 aromatic rings. The van der Waals surface area contributed by atoms with Crippen LogP contribution in [0.25, 0.3) is 93.2 Å². The first-order valence-electron chi connectivity index (χ1n) is 33.0. The van der Waals surface area contributed by atoms with Crippen molar-refractivity contribution in [3.63, 3.8) is 0 Å². The maximum absolute atomic E-state index is 10.1. The van der Waals surface area contributed by atoms with Crippen LogP contribution in [0.5, 0.6) is 0 Å². The van der Waals surface area contributed by atoms with Crippen molar-refractivity contribution < 1.29 is 150 Å². The van der Waals surface area contributed by atoms with Crippen LogP contribution in [0.2, 0.25) is 0 Å². The Balaban J connectivity index is 0.000000649. The molecule has 598 valence electrons. The first kappa shape index (κ1) is 102. The van der Waals surface area contributed by atoms with Gasteiger partial charge in [0.1, 0.15) is 28.5 Å². The van der Waals surface area contributed by atoms with E-state index in [0.717, 1.165) is 67.5 Å². The number of benzene rings is 7. The minimum absolute atomic E-state index is 0. The minimum Gasteiger partial charge on any atom is -0.512 e. The molecule has 0 saturated heterocycles. The molecule has 0 aliphatic rings. The van der Waals surface area contributed by atoms with E-state index in [0.29, 0.717) is 17.1 Å². The van der Waals surface area contributed by atoms with Gasteiger partial charge < -0.3 is 19.9 Å². The van der Waals surface area contributed by atoms with E-state index in [1.54, 1.807) is 109 Å². The molecule has 0 unspecified atom stereocenters. The van der Waals surface area contributed by atoms with Crippen LogP contribution >= 0.6 is 0 Å². The van der Waals surface area contributed by atoms with E-state index in [9.17, 15) is 14.4 Å². The molecule has 0 aliphatic carbocycles. The summed E-state index contributed by atoms with van der Waals surface area (Å²) in [6.07, 6.45) is 17.2. The topological polar surface area (TPSA) is 258 Å². The molecular weight excluding hydrogens is 2520 g/mol. The maximum Gasteiger partial charge on any atom is 0.354 e. The van der Waals surface area contributed by atoms with Crippen molar-refractivity contribution in [1.82, 2.24) is 68.4 Å². The standard InChI is InChI=1S/C16H13N2.3C11H8N3.2C10H9N2.2C6H5NO2.C5H8O2.6Ir/c1-18-11-10-16(17-18)15-9-5-8-14(12-15)13-6-3-2-4-7-13;1-12-10-5-3-4-9(6-10)11-7-14(2)8-13-11;2*1-12-10-5-3-4-9(8-10)11-6-7-14(2)13-11;2*1-12-8-7-10(11-12)9-5-3-2-4-6-9;2*8-6(9)5-3-1-2-4-7-5;1-4(6)3-5(2)7;;;;;;/h2-8,10-12H,1H3;3*3,5-8H,2H3;2*2-5,7-8H,1H3;2*1-4H,(H,8,9);3,6H,1-2H3;;;;;;/q6*-1;;;;;;;;;. The molecule has 8 heterocycles. The van der Waals surface area contributed by atoms with Gasteiger partial charge in [-0.15, -0.1) is 178 Å². The Morgan fingerprint density at radius 3 is 0.939 bits per heavy atom. The Labute approximate surface area is 749 Å². The van der Waals surface area contributed by atoms with Crippen molar-refractivity contribution in [2.45, 2.75) is 13.8 Å². The summed E-state index contributed by atoms with van der Waals surface area (Å²) < 4.78 is 10.7. The predicted octanol–water partition coefficient (Wildman–Crippen LogP) is 17.2. The van der Waals surface area contributed by atoms with Gasteiger partial charge >= 0.3 is 11.9 Å². The van der Waals surface area contributed by atoms with Gasteiger partial charge in [0.05, 0.1) is 31.8 Å². The summed E-state index contributed by atoms with van der Waals surface area (Å²) in [4.78, 5) is 51.7. The quantitative estimate of drug-likeness (QED) is 0.0654. The molecule has 8 aromatic heterocycles. The Morgan fingerprint density at radius 2 is 0.678 bits per heavy atom. The van der Waals surface area contributed by atoms with Crippen molar-refractivity contribution in [1.29, 1.82) is 0 Å². The molecule has 29 heteroatoms. The third kappa shape index (κ3) is 36.5. The van der Waals surface area contributed by atoms with Crippen LogP contribution in [0.1, 0.15) is 34.8 Å². The van der Waals surface area contributed by atoms with Gasteiger partial charge in [0.2, 0.25) is 0 Å². The molecule has 115 heavy (non-hydrogen) atoms. The average Bonchev–Trinajstić information content (AvgIpc) is 2.05. The number of aliphatic hydroxyl groups excluding tert-OH is 1. The smallest absolute Gasteiger partial charge is 0.354 e. The van der Waals surface area contributed by atoms with Crippen molar-refractivity contribution in [3.05, 3.63) is 368 Å².